The van der Waals surface area contributed by atoms with Crippen molar-refractivity contribution in [3.63, 3.8) is 0 Å². The van der Waals surface area contributed by atoms with Crippen molar-refractivity contribution in [2.75, 3.05) is 37.5 Å². The van der Waals surface area contributed by atoms with Crippen molar-refractivity contribution < 1.29 is 14.3 Å². The van der Waals surface area contributed by atoms with E-state index >= 15 is 0 Å². The maximum atomic E-state index is 13.2. The molecule has 0 bridgehead atoms. The number of aromatic nitrogens is 2. The molecule has 35 heavy (non-hydrogen) atoms. The lowest BCUT2D eigenvalue weighted by molar-refractivity contribution is -0.140. The van der Waals surface area contributed by atoms with Crippen molar-refractivity contribution in [3.8, 4) is 11.3 Å². The zero-order valence-electron chi connectivity index (χ0n) is 20.6. The van der Waals surface area contributed by atoms with Gasteiger partial charge in [-0.15, -0.1) is 0 Å². The predicted molar refractivity (Wildman–Crippen MR) is 138 cm³/mol. The summed E-state index contributed by atoms with van der Waals surface area (Å²) < 4.78 is 6.90. The van der Waals surface area contributed by atoms with Gasteiger partial charge in [0.15, 0.2) is 5.65 Å². The number of nitrogens with one attached hydrogen (secondary N) is 2. The molecule has 1 aromatic carbocycles. The number of anilines is 2. The lowest BCUT2D eigenvalue weighted by atomic mass is 9.91. The number of amides is 1. The van der Waals surface area contributed by atoms with E-state index in [-0.39, 0.29) is 30.5 Å². The standard InChI is InChI=1S/C26H34N6O3/c1-4-35-22(33)16-28-25-23(17-7-13-20(14-8-17)31(2)3)30-24-21(6-5-15-32(24)25)26(34)29-19-11-9-18(27)10-12-19/h5-8,13-15,18-19,28H,4,9-12,16,27H2,1-3H3,(H,29,34). The average molecular weight is 479 g/mol. The van der Waals surface area contributed by atoms with Crippen LogP contribution in [0.15, 0.2) is 42.6 Å². The third-order valence-corrected chi connectivity index (χ3v) is 6.36. The molecule has 4 N–H and O–H groups in total. The van der Waals surface area contributed by atoms with E-state index in [2.05, 4.69) is 10.6 Å². The molecule has 0 spiro atoms. The molecule has 4 rings (SSSR count). The van der Waals surface area contributed by atoms with E-state index in [1.165, 1.54) is 0 Å². The number of benzene rings is 1. The van der Waals surface area contributed by atoms with Crippen LogP contribution in [0.4, 0.5) is 11.5 Å². The summed E-state index contributed by atoms with van der Waals surface area (Å²) in [4.78, 5) is 32.2. The average Bonchev–Trinajstić information content (AvgIpc) is 3.23. The van der Waals surface area contributed by atoms with Crippen LogP contribution in [0.5, 0.6) is 0 Å². The molecule has 2 heterocycles. The van der Waals surface area contributed by atoms with E-state index in [1.54, 1.807) is 13.0 Å². The Labute approximate surface area is 205 Å². The van der Waals surface area contributed by atoms with E-state index < -0.39 is 0 Å². The van der Waals surface area contributed by atoms with Crippen molar-refractivity contribution >= 4 is 29.0 Å². The second kappa shape index (κ2) is 10.8. The smallest absolute Gasteiger partial charge is 0.325 e. The first-order valence-electron chi connectivity index (χ1n) is 12.1. The molecule has 9 heteroatoms. The van der Waals surface area contributed by atoms with Gasteiger partial charge < -0.3 is 26.0 Å². The molecule has 2 aromatic heterocycles. The molecule has 0 unspecified atom stereocenters. The van der Waals surface area contributed by atoms with Crippen molar-refractivity contribution in [3.05, 3.63) is 48.2 Å². The quantitative estimate of drug-likeness (QED) is 0.427. The van der Waals surface area contributed by atoms with Crippen molar-refractivity contribution in [1.29, 1.82) is 0 Å². The molecule has 0 saturated heterocycles. The number of ether oxygens (including phenoxy) is 1. The summed E-state index contributed by atoms with van der Waals surface area (Å²) >= 11 is 0. The highest BCUT2D eigenvalue weighted by Crippen LogP contribution is 2.31. The number of hydrogen-bond donors (Lipinski definition) is 3. The van der Waals surface area contributed by atoms with Gasteiger partial charge in [-0.25, -0.2) is 4.98 Å². The van der Waals surface area contributed by atoms with Gasteiger partial charge in [-0.3, -0.25) is 14.0 Å². The van der Waals surface area contributed by atoms with Crippen LogP contribution in [-0.2, 0) is 9.53 Å². The van der Waals surface area contributed by atoms with Crippen LogP contribution in [0, 0.1) is 0 Å². The van der Waals surface area contributed by atoms with Crippen molar-refractivity contribution in [2.45, 2.75) is 44.7 Å². The molecular weight excluding hydrogens is 444 g/mol. The van der Waals surface area contributed by atoms with Gasteiger partial charge >= 0.3 is 5.97 Å². The fraction of sp³-hybridized carbons (Fsp3) is 0.423. The number of nitrogens with zero attached hydrogens (tertiary/aromatic N) is 3. The van der Waals surface area contributed by atoms with Crippen LogP contribution in [0.25, 0.3) is 16.9 Å². The summed E-state index contributed by atoms with van der Waals surface area (Å²) in [5, 5.41) is 6.33. The SMILES string of the molecule is CCOC(=O)CNc1c(-c2ccc(N(C)C)cc2)nc2c(C(=O)NC3CCC(N)CC3)cccn12. The molecule has 3 aromatic rings. The highest BCUT2D eigenvalue weighted by atomic mass is 16.5. The van der Waals surface area contributed by atoms with Gasteiger partial charge in [0.1, 0.15) is 18.1 Å². The van der Waals surface area contributed by atoms with E-state index in [0.29, 0.717) is 29.3 Å². The first kappa shape index (κ1) is 24.5. The molecule has 1 amide bonds. The van der Waals surface area contributed by atoms with Gasteiger partial charge in [-0.1, -0.05) is 12.1 Å². The summed E-state index contributed by atoms with van der Waals surface area (Å²) in [6.45, 7) is 2.07. The lowest BCUT2D eigenvalue weighted by Gasteiger charge is -2.26. The molecule has 9 nitrogen and oxygen atoms in total. The van der Waals surface area contributed by atoms with E-state index in [0.717, 1.165) is 36.9 Å². The summed E-state index contributed by atoms with van der Waals surface area (Å²) in [7, 11) is 3.97. The Hall–Kier alpha value is -3.59. The third kappa shape index (κ3) is 5.57. The van der Waals surface area contributed by atoms with Crippen LogP contribution in [-0.4, -0.2) is 60.6 Å². The summed E-state index contributed by atoms with van der Waals surface area (Å²) in [6, 6.07) is 11.9. The predicted octanol–water partition coefficient (Wildman–Crippen LogP) is 3.04. The second-order valence-electron chi connectivity index (χ2n) is 9.11. The Kier molecular flexibility index (Phi) is 7.55. The number of carbonyl (C=O) groups excluding carboxylic acids is 2. The van der Waals surface area contributed by atoms with Crippen LogP contribution in [0.1, 0.15) is 43.0 Å². The first-order chi connectivity index (χ1) is 16.9. The largest absolute Gasteiger partial charge is 0.465 e. The minimum Gasteiger partial charge on any atom is -0.465 e. The van der Waals surface area contributed by atoms with Gasteiger partial charge in [0.05, 0.1) is 12.2 Å². The minimum atomic E-state index is -0.360. The summed E-state index contributed by atoms with van der Waals surface area (Å²) in [6.07, 6.45) is 5.41. The molecule has 0 aliphatic heterocycles. The fourth-order valence-electron chi connectivity index (χ4n) is 4.43. The number of esters is 1. The zero-order valence-corrected chi connectivity index (χ0v) is 20.6. The topological polar surface area (TPSA) is 114 Å². The summed E-state index contributed by atoms with van der Waals surface area (Å²) in [5.41, 5.74) is 9.61. The third-order valence-electron chi connectivity index (χ3n) is 6.36. The van der Waals surface area contributed by atoms with Gasteiger partial charge in [0.2, 0.25) is 0 Å². The maximum Gasteiger partial charge on any atom is 0.325 e. The van der Waals surface area contributed by atoms with Gasteiger partial charge in [-0.2, -0.15) is 0 Å². The Morgan fingerprint density at radius 2 is 1.86 bits per heavy atom. The highest BCUT2D eigenvalue weighted by Gasteiger charge is 2.24. The summed E-state index contributed by atoms with van der Waals surface area (Å²) in [5.74, 6) is 0.109. The zero-order chi connectivity index (χ0) is 24.9. The number of rotatable bonds is 8. The van der Waals surface area contributed by atoms with Crippen LogP contribution >= 0.6 is 0 Å². The van der Waals surface area contributed by atoms with Crippen LogP contribution < -0.4 is 21.3 Å². The molecular formula is C26H34N6O3. The van der Waals surface area contributed by atoms with Gasteiger partial charge in [0.25, 0.3) is 5.91 Å². The number of hydrogen-bond acceptors (Lipinski definition) is 7. The Morgan fingerprint density at radius 1 is 1.14 bits per heavy atom. The molecule has 1 aliphatic carbocycles. The monoisotopic (exact) mass is 478 g/mol. The number of imidazole rings is 1. The number of pyridine rings is 1. The maximum absolute atomic E-state index is 13.2. The van der Waals surface area contributed by atoms with Crippen LogP contribution in [0.3, 0.4) is 0 Å². The Bertz CT molecular complexity index is 1180. The molecule has 0 radical (unpaired) electrons. The Balaban J connectivity index is 1.70. The minimum absolute atomic E-state index is 0.0107. The first-order valence-corrected chi connectivity index (χ1v) is 12.1. The van der Waals surface area contributed by atoms with E-state index in [1.807, 2.05) is 59.9 Å². The molecule has 1 saturated carbocycles. The number of nitrogens with two attached hydrogens (primary N) is 1. The van der Waals surface area contributed by atoms with Crippen LogP contribution in [0.2, 0.25) is 0 Å². The second-order valence-corrected chi connectivity index (χ2v) is 9.11. The van der Waals surface area contributed by atoms with E-state index in [4.69, 9.17) is 15.5 Å². The molecule has 1 aliphatic rings. The lowest BCUT2D eigenvalue weighted by Crippen LogP contribution is -2.40. The van der Waals surface area contributed by atoms with E-state index in [9.17, 15) is 9.59 Å². The number of carbonyl (C=O) groups is 2. The normalized spacial score (nSPS) is 17.7. The number of fused-ring (bicyclic) bond motifs is 1. The fourth-order valence-corrected chi connectivity index (χ4v) is 4.43. The Morgan fingerprint density at radius 3 is 2.51 bits per heavy atom. The molecule has 0 atom stereocenters. The van der Waals surface area contributed by atoms with Crippen molar-refractivity contribution in [2.24, 2.45) is 5.73 Å². The van der Waals surface area contributed by atoms with Gasteiger partial charge in [0, 0.05) is 43.6 Å². The van der Waals surface area contributed by atoms with Crippen molar-refractivity contribution in [1.82, 2.24) is 14.7 Å². The molecule has 186 valence electrons. The molecule has 1 fully saturated rings. The van der Waals surface area contributed by atoms with Gasteiger partial charge in [-0.05, 0) is 56.9 Å². The highest BCUT2D eigenvalue weighted by molar-refractivity contribution is 6.01.